The van der Waals surface area contributed by atoms with E-state index in [2.05, 4.69) is 22.1 Å². The molecule has 3 heterocycles. The van der Waals surface area contributed by atoms with Gasteiger partial charge in [0.2, 0.25) is 18.6 Å². The van der Waals surface area contributed by atoms with Gasteiger partial charge in [0, 0.05) is 35.4 Å². The van der Waals surface area contributed by atoms with Crippen molar-refractivity contribution in [1.29, 1.82) is 0 Å². The maximum Gasteiger partial charge on any atom is 0.231 e. The van der Waals surface area contributed by atoms with Gasteiger partial charge in [-0.2, -0.15) is 11.3 Å². The average molecular weight is 453 g/mol. The number of rotatable bonds is 6. The summed E-state index contributed by atoms with van der Waals surface area (Å²) in [5, 5.41) is 7.23. The molecular formula is C23H20N2O4S2. The summed E-state index contributed by atoms with van der Waals surface area (Å²) in [7, 11) is 0. The van der Waals surface area contributed by atoms with Crippen molar-refractivity contribution >= 4 is 46.3 Å². The molecule has 2 aliphatic heterocycles. The Kier molecular flexibility index (Phi) is 5.57. The Labute approximate surface area is 188 Å². The number of thiophene rings is 1. The zero-order valence-corrected chi connectivity index (χ0v) is 18.2. The van der Waals surface area contributed by atoms with Crippen molar-refractivity contribution in [2.24, 2.45) is 5.92 Å². The highest BCUT2D eigenvalue weighted by molar-refractivity contribution is 7.98. The zero-order valence-electron chi connectivity index (χ0n) is 16.6. The number of benzene rings is 2. The van der Waals surface area contributed by atoms with Crippen molar-refractivity contribution in [2.75, 3.05) is 23.6 Å². The summed E-state index contributed by atoms with van der Waals surface area (Å²) in [6.45, 7) is 0.524. The molecule has 0 spiro atoms. The number of ether oxygens (including phenoxy) is 2. The van der Waals surface area contributed by atoms with Crippen LogP contribution in [0.25, 0.3) is 0 Å². The molecule has 0 bridgehead atoms. The average Bonchev–Trinajstić information content (AvgIpc) is 3.53. The minimum atomic E-state index is -0.409. The van der Waals surface area contributed by atoms with E-state index in [1.54, 1.807) is 40.1 Å². The fourth-order valence-electron chi connectivity index (χ4n) is 3.65. The van der Waals surface area contributed by atoms with E-state index in [0.29, 0.717) is 18.0 Å². The number of thioether (sulfide) groups is 1. The van der Waals surface area contributed by atoms with Gasteiger partial charge >= 0.3 is 0 Å². The third-order valence-corrected chi connectivity index (χ3v) is 7.16. The number of hydrogen-bond donors (Lipinski definition) is 1. The smallest absolute Gasteiger partial charge is 0.231 e. The first-order valence-corrected chi connectivity index (χ1v) is 11.8. The molecule has 8 heteroatoms. The lowest BCUT2D eigenvalue weighted by Crippen LogP contribution is -2.28. The summed E-state index contributed by atoms with van der Waals surface area (Å²) in [6.07, 6.45) is 0.185. The lowest BCUT2D eigenvalue weighted by Gasteiger charge is -2.17. The molecule has 0 aliphatic carbocycles. The molecule has 2 aromatic carbocycles. The van der Waals surface area contributed by atoms with Crippen LogP contribution in [0.15, 0.2) is 64.2 Å². The predicted octanol–water partition coefficient (Wildman–Crippen LogP) is 4.76. The summed E-state index contributed by atoms with van der Waals surface area (Å²) in [5.74, 6) is 1.51. The molecule has 158 valence electrons. The lowest BCUT2D eigenvalue weighted by atomic mass is 10.1. The lowest BCUT2D eigenvalue weighted by molar-refractivity contribution is -0.122. The number of hydrogen-bond acceptors (Lipinski definition) is 6. The van der Waals surface area contributed by atoms with Crippen LogP contribution in [0.1, 0.15) is 12.0 Å². The molecule has 6 nitrogen and oxygen atoms in total. The van der Waals surface area contributed by atoms with Gasteiger partial charge in [0.1, 0.15) is 0 Å². The molecule has 2 aliphatic rings. The van der Waals surface area contributed by atoms with E-state index in [-0.39, 0.29) is 25.0 Å². The standard InChI is InChI=1S/C23H20N2O4S2/c26-22-9-16(11-25(22)17-5-6-19-20(10-17)29-14-28-19)23(27)24-18-3-1-2-4-21(18)31-13-15-7-8-30-12-15/h1-8,10,12,16H,9,11,13-14H2,(H,24,27)/t16-/m1/s1. The van der Waals surface area contributed by atoms with E-state index in [4.69, 9.17) is 9.47 Å². The van der Waals surface area contributed by atoms with Crippen LogP contribution in [0.5, 0.6) is 11.5 Å². The molecule has 31 heavy (non-hydrogen) atoms. The molecule has 0 radical (unpaired) electrons. The first-order valence-electron chi connectivity index (χ1n) is 9.91. The van der Waals surface area contributed by atoms with Crippen molar-refractivity contribution in [2.45, 2.75) is 17.1 Å². The normalized spacial score (nSPS) is 17.2. The summed E-state index contributed by atoms with van der Waals surface area (Å²) in [4.78, 5) is 28.2. The number of nitrogens with one attached hydrogen (secondary N) is 1. The largest absolute Gasteiger partial charge is 0.454 e. The Hall–Kier alpha value is -2.97. The Balaban J connectivity index is 1.26. The summed E-state index contributed by atoms with van der Waals surface area (Å²) in [6, 6.07) is 15.3. The molecule has 5 rings (SSSR count). The second-order valence-electron chi connectivity index (χ2n) is 7.35. The van der Waals surface area contributed by atoms with E-state index in [1.807, 2.05) is 30.3 Å². The summed E-state index contributed by atoms with van der Waals surface area (Å²) < 4.78 is 10.7. The molecule has 1 atom stereocenters. The fourth-order valence-corrected chi connectivity index (χ4v) is 5.38. The van der Waals surface area contributed by atoms with E-state index in [0.717, 1.165) is 22.0 Å². The molecule has 1 fully saturated rings. The summed E-state index contributed by atoms with van der Waals surface area (Å²) in [5.41, 5.74) is 2.76. The van der Waals surface area contributed by atoms with Crippen molar-refractivity contribution in [3.63, 3.8) is 0 Å². The number of anilines is 2. The molecule has 3 aromatic rings. The van der Waals surface area contributed by atoms with Gasteiger partial charge in [-0.05, 0) is 46.7 Å². The van der Waals surface area contributed by atoms with E-state index in [1.165, 1.54) is 5.56 Å². The van der Waals surface area contributed by atoms with Crippen LogP contribution in [-0.2, 0) is 15.3 Å². The van der Waals surface area contributed by atoms with Gasteiger partial charge in [-0.3, -0.25) is 9.59 Å². The number of fused-ring (bicyclic) bond motifs is 1. The Morgan fingerprint density at radius 2 is 2.03 bits per heavy atom. The van der Waals surface area contributed by atoms with Crippen molar-refractivity contribution < 1.29 is 19.1 Å². The van der Waals surface area contributed by atoms with Crippen LogP contribution in [0.2, 0.25) is 0 Å². The molecule has 2 amide bonds. The van der Waals surface area contributed by atoms with E-state index < -0.39 is 5.92 Å². The minimum Gasteiger partial charge on any atom is -0.454 e. The first kappa shape index (κ1) is 20.0. The van der Waals surface area contributed by atoms with Gasteiger partial charge in [0.25, 0.3) is 0 Å². The molecule has 0 saturated carbocycles. The van der Waals surface area contributed by atoms with Gasteiger partial charge in [-0.25, -0.2) is 0 Å². The van der Waals surface area contributed by atoms with E-state index >= 15 is 0 Å². The zero-order chi connectivity index (χ0) is 21.2. The second-order valence-corrected chi connectivity index (χ2v) is 9.15. The molecule has 1 aromatic heterocycles. The van der Waals surface area contributed by atoms with Crippen LogP contribution < -0.4 is 19.7 Å². The fraction of sp³-hybridized carbons (Fsp3) is 0.217. The highest BCUT2D eigenvalue weighted by Crippen LogP contribution is 2.37. The number of carbonyl (C=O) groups excluding carboxylic acids is 2. The van der Waals surface area contributed by atoms with E-state index in [9.17, 15) is 9.59 Å². The topological polar surface area (TPSA) is 67.9 Å². The second kappa shape index (κ2) is 8.64. The third kappa shape index (κ3) is 4.26. The molecule has 1 N–H and O–H groups in total. The molecule has 0 unspecified atom stereocenters. The highest BCUT2D eigenvalue weighted by atomic mass is 32.2. The number of amides is 2. The Bertz CT molecular complexity index is 1120. The van der Waals surface area contributed by atoms with Crippen LogP contribution in [0.4, 0.5) is 11.4 Å². The van der Waals surface area contributed by atoms with Gasteiger partial charge in [-0.1, -0.05) is 12.1 Å². The first-order chi connectivity index (χ1) is 15.2. The van der Waals surface area contributed by atoms with Crippen molar-refractivity contribution in [1.82, 2.24) is 0 Å². The van der Waals surface area contributed by atoms with Crippen LogP contribution in [-0.4, -0.2) is 25.2 Å². The number of carbonyl (C=O) groups is 2. The third-order valence-electron chi connectivity index (χ3n) is 5.28. The molecular weight excluding hydrogens is 432 g/mol. The summed E-state index contributed by atoms with van der Waals surface area (Å²) >= 11 is 3.36. The maximum absolute atomic E-state index is 13.0. The monoisotopic (exact) mass is 452 g/mol. The van der Waals surface area contributed by atoms with Gasteiger partial charge in [-0.15, -0.1) is 11.8 Å². The minimum absolute atomic E-state index is 0.0702. The van der Waals surface area contributed by atoms with Gasteiger partial charge < -0.3 is 19.7 Å². The maximum atomic E-state index is 13.0. The van der Waals surface area contributed by atoms with Crippen LogP contribution in [0.3, 0.4) is 0 Å². The Morgan fingerprint density at radius 3 is 2.90 bits per heavy atom. The van der Waals surface area contributed by atoms with Crippen molar-refractivity contribution in [3.8, 4) is 11.5 Å². The van der Waals surface area contributed by atoms with Crippen LogP contribution >= 0.6 is 23.1 Å². The quantitative estimate of drug-likeness (QED) is 0.546. The van der Waals surface area contributed by atoms with Gasteiger partial charge in [0.05, 0.1) is 11.6 Å². The molecule has 1 saturated heterocycles. The number of nitrogens with zero attached hydrogens (tertiary/aromatic N) is 1. The highest BCUT2D eigenvalue weighted by Gasteiger charge is 2.36. The van der Waals surface area contributed by atoms with Gasteiger partial charge in [0.15, 0.2) is 11.5 Å². The SMILES string of the molecule is O=C(Nc1ccccc1SCc1ccsc1)[C@@H]1CC(=O)N(c2ccc3c(c2)OCO3)C1. The van der Waals surface area contributed by atoms with Crippen molar-refractivity contribution in [3.05, 3.63) is 64.9 Å². The number of para-hydroxylation sites is 1. The predicted molar refractivity (Wildman–Crippen MR) is 122 cm³/mol. The van der Waals surface area contributed by atoms with Crippen LogP contribution in [0, 0.1) is 5.92 Å². The Morgan fingerprint density at radius 1 is 1.16 bits per heavy atom.